The third kappa shape index (κ3) is 6.64. The number of aryl methyl sites for hydroxylation is 2. The fourth-order valence-electron chi connectivity index (χ4n) is 4.37. The number of hydrogen-bond donors (Lipinski definition) is 1. The predicted molar refractivity (Wildman–Crippen MR) is 148 cm³/mol. The van der Waals surface area contributed by atoms with Crippen molar-refractivity contribution in [1.29, 1.82) is 0 Å². The van der Waals surface area contributed by atoms with Crippen LogP contribution in [-0.4, -0.2) is 44.6 Å². The summed E-state index contributed by atoms with van der Waals surface area (Å²) in [6.07, 6.45) is 1.52. The lowest BCUT2D eigenvalue weighted by Gasteiger charge is -2.28. The van der Waals surface area contributed by atoms with E-state index in [0.29, 0.717) is 5.69 Å². The molecule has 0 spiro atoms. The predicted octanol–water partition coefficient (Wildman–Crippen LogP) is 4.58. The van der Waals surface area contributed by atoms with Gasteiger partial charge in [-0.05, 0) is 55.7 Å². The summed E-state index contributed by atoms with van der Waals surface area (Å²) in [7, 11) is -3.97. The molecule has 8 heteroatoms. The first kappa shape index (κ1) is 26.6. The number of piperidine rings is 1. The second kappa shape index (κ2) is 11.7. The average molecular weight is 519 g/mol. The van der Waals surface area contributed by atoms with Gasteiger partial charge >= 0.3 is 0 Å². The first-order valence-electron chi connectivity index (χ1n) is 12.5. The van der Waals surface area contributed by atoms with E-state index in [9.17, 15) is 13.2 Å². The van der Waals surface area contributed by atoms with Gasteiger partial charge in [-0.2, -0.15) is 5.10 Å². The quantitative estimate of drug-likeness (QED) is 0.443. The van der Waals surface area contributed by atoms with E-state index in [4.69, 9.17) is 0 Å². The van der Waals surface area contributed by atoms with Crippen LogP contribution < -0.4 is 9.73 Å². The molecule has 1 heterocycles. The summed E-state index contributed by atoms with van der Waals surface area (Å²) in [4.78, 5) is 15.5. The lowest BCUT2D eigenvalue weighted by molar-refractivity contribution is -0.119. The number of carbonyl (C=O) groups excluding carboxylic acids is 1. The number of likely N-dealkylation sites (tertiary alicyclic amines) is 1. The number of anilines is 1. The maximum Gasteiger partial charge on any atom is 0.264 e. The van der Waals surface area contributed by atoms with Crippen molar-refractivity contribution in [2.75, 3.05) is 23.9 Å². The van der Waals surface area contributed by atoms with E-state index in [-0.39, 0.29) is 11.4 Å². The Hall–Kier alpha value is -3.49. The molecule has 0 aromatic heterocycles. The second-order valence-electron chi connectivity index (χ2n) is 9.52. The number of rotatable bonds is 8. The van der Waals surface area contributed by atoms with Crippen molar-refractivity contribution >= 4 is 27.3 Å². The normalized spacial score (nSPS) is 14.3. The molecular weight excluding hydrogens is 484 g/mol. The monoisotopic (exact) mass is 518 g/mol. The van der Waals surface area contributed by atoms with Crippen molar-refractivity contribution < 1.29 is 13.2 Å². The van der Waals surface area contributed by atoms with Gasteiger partial charge in [0.1, 0.15) is 6.54 Å². The van der Waals surface area contributed by atoms with Crippen LogP contribution in [0.4, 0.5) is 5.69 Å². The molecule has 1 aliphatic rings. The Labute approximate surface area is 219 Å². The number of nitrogens with zero attached hydrogens (tertiary/aromatic N) is 3. The molecular formula is C29H34N4O3S. The fraction of sp³-hybridized carbons (Fsp3) is 0.310. The van der Waals surface area contributed by atoms with Gasteiger partial charge < -0.3 is 0 Å². The Balaban J connectivity index is 1.45. The Morgan fingerprint density at radius 1 is 0.919 bits per heavy atom. The Morgan fingerprint density at radius 2 is 1.59 bits per heavy atom. The summed E-state index contributed by atoms with van der Waals surface area (Å²) in [5.74, 6) is -0.476. The molecule has 3 aromatic rings. The molecule has 0 bridgehead atoms. The van der Waals surface area contributed by atoms with Crippen molar-refractivity contribution in [2.24, 2.45) is 5.10 Å². The van der Waals surface area contributed by atoms with Crippen LogP contribution in [0, 0.1) is 20.8 Å². The molecule has 4 rings (SSSR count). The standard InChI is InChI=1S/C29H34N4O3S/c1-22-12-14-27(15-13-22)37(35,36)33(28-11-7-8-23(2)24(28)3)21-29(34)31-30-26-16-18-32(19-17-26)20-25-9-5-4-6-10-25/h4-15H,16-21H2,1-3H3,(H,31,34). The van der Waals surface area contributed by atoms with Gasteiger partial charge in [0.15, 0.2) is 0 Å². The highest BCUT2D eigenvalue weighted by Gasteiger charge is 2.28. The Kier molecular flexibility index (Phi) is 8.41. The minimum absolute atomic E-state index is 0.143. The number of amides is 1. The van der Waals surface area contributed by atoms with Gasteiger partial charge in [-0.15, -0.1) is 0 Å². The number of benzene rings is 3. The topological polar surface area (TPSA) is 82.1 Å². The van der Waals surface area contributed by atoms with Gasteiger partial charge in [-0.3, -0.25) is 14.0 Å². The zero-order valence-electron chi connectivity index (χ0n) is 21.6. The van der Waals surface area contributed by atoms with E-state index in [1.165, 1.54) is 9.87 Å². The molecule has 0 radical (unpaired) electrons. The fourth-order valence-corrected chi connectivity index (χ4v) is 5.85. The van der Waals surface area contributed by atoms with Crippen molar-refractivity contribution in [3.8, 4) is 0 Å². The van der Waals surface area contributed by atoms with Crippen molar-refractivity contribution in [1.82, 2.24) is 10.3 Å². The largest absolute Gasteiger partial charge is 0.298 e. The molecule has 3 aromatic carbocycles. The van der Waals surface area contributed by atoms with Gasteiger partial charge in [-0.25, -0.2) is 13.8 Å². The molecule has 1 N–H and O–H groups in total. The number of hydrogen-bond acceptors (Lipinski definition) is 5. The molecule has 0 unspecified atom stereocenters. The first-order valence-corrected chi connectivity index (χ1v) is 13.9. The lowest BCUT2D eigenvalue weighted by Crippen LogP contribution is -2.40. The van der Waals surface area contributed by atoms with E-state index in [2.05, 4.69) is 27.6 Å². The minimum atomic E-state index is -3.97. The number of nitrogens with one attached hydrogen (secondary N) is 1. The zero-order valence-corrected chi connectivity index (χ0v) is 22.5. The highest BCUT2D eigenvalue weighted by Crippen LogP contribution is 2.28. The summed E-state index contributed by atoms with van der Waals surface area (Å²) < 4.78 is 28.5. The highest BCUT2D eigenvalue weighted by molar-refractivity contribution is 7.92. The van der Waals surface area contributed by atoms with Crippen LogP contribution in [0.2, 0.25) is 0 Å². The minimum Gasteiger partial charge on any atom is -0.298 e. The van der Waals surface area contributed by atoms with E-state index >= 15 is 0 Å². The second-order valence-corrected chi connectivity index (χ2v) is 11.4. The van der Waals surface area contributed by atoms with Gasteiger partial charge in [0.25, 0.3) is 15.9 Å². The molecule has 1 aliphatic heterocycles. The molecule has 1 fully saturated rings. The van der Waals surface area contributed by atoms with E-state index < -0.39 is 15.9 Å². The molecule has 7 nitrogen and oxygen atoms in total. The van der Waals surface area contributed by atoms with Crippen LogP contribution in [0.5, 0.6) is 0 Å². The van der Waals surface area contributed by atoms with Crippen molar-refractivity contribution in [3.63, 3.8) is 0 Å². The lowest BCUT2D eigenvalue weighted by atomic mass is 10.1. The molecule has 0 saturated carbocycles. The zero-order chi connectivity index (χ0) is 26.4. The number of carbonyl (C=O) groups is 1. The third-order valence-electron chi connectivity index (χ3n) is 6.76. The third-order valence-corrected chi connectivity index (χ3v) is 8.54. The van der Waals surface area contributed by atoms with Gasteiger partial charge in [-0.1, -0.05) is 60.2 Å². The summed E-state index contributed by atoms with van der Waals surface area (Å²) in [5.41, 5.74) is 8.00. The molecule has 0 aliphatic carbocycles. The number of sulfonamides is 1. The summed E-state index contributed by atoms with van der Waals surface area (Å²) in [6.45, 7) is 7.94. The molecule has 1 saturated heterocycles. The van der Waals surface area contributed by atoms with Crippen LogP contribution in [0.25, 0.3) is 0 Å². The summed E-state index contributed by atoms with van der Waals surface area (Å²) in [6, 6.07) is 22.5. The Bertz CT molecular complexity index is 1360. The maximum absolute atomic E-state index is 13.6. The van der Waals surface area contributed by atoms with Crippen LogP contribution >= 0.6 is 0 Å². The van der Waals surface area contributed by atoms with E-state index in [1.54, 1.807) is 36.4 Å². The van der Waals surface area contributed by atoms with Crippen molar-refractivity contribution in [2.45, 2.75) is 45.1 Å². The molecule has 194 valence electrons. The highest BCUT2D eigenvalue weighted by atomic mass is 32.2. The van der Waals surface area contributed by atoms with Crippen LogP contribution in [0.15, 0.2) is 82.8 Å². The average Bonchev–Trinajstić information content (AvgIpc) is 2.89. The van der Waals surface area contributed by atoms with Crippen LogP contribution in [0.1, 0.15) is 35.1 Å². The smallest absolute Gasteiger partial charge is 0.264 e. The SMILES string of the molecule is Cc1ccc(S(=O)(=O)N(CC(=O)NN=C2CCN(Cc3ccccc3)CC2)c2cccc(C)c2C)cc1. The first-order chi connectivity index (χ1) is 17.7. The van der Waals surface area contributed by atoms with E-state index in [0.717, 1.165) is 54.9 Å². The van der Waals surface area contributed by atoms with Gasteiger partial charge in [0.05, 0.1) is 10.6 Å². The van der Waals surface area contributed by atoms with Gasteiger partial charge in [0.2, 0.25) is 0 Å². The maximum atomic E-state index is 13.6. The van der Waals surface area contributed by atoms with Gasteiger partial charge in [0, 0.05) is 38.2 Å². The summed E-state index contributed by atoms with van der Waals surface area (Å²) in [5, 5.41) is 4.35. The van der Waals surface area contributed by atoms with Crippen LogP contribution in [0.3, 0.4) is 0 Å². The summed E-state index contributed by atoms with van der Waals surface area (Å²) >= 11 is 0. The van der Waals surface area contributed by atoms with Crippen LogP contribution in [-0.2, 0) is 21.4 Å². The van der Waals surface area contributed by atoms with E-state index in [1.807, 2.05) is 45.0 Å². The van der Waals surface area contributed by atoms with Crippen molar-refractivity contribution in [3.05, 3.63) is 95.1 Å². The molecule has 1 amide bonds. The molecule has 0 atom stereocenters. The Morgan fingerprint density at radius 3 is 2.27 bits per heavy atom. The number of hydrazone groups is 1. The molecule has 37 heavy (non-hydrogen) atoms.